The van der Waals surface area contributed by atoms with Crippen LogP contribution in [0.2, 0.25) is 0 Å². The fraction of sp³-hybridized carbons (Fsp3) is 0.294. The van der Waals surface area contributed by atoms with Crippen LogP contribution < -0.4 is 10.5 Å². The van der Waals surface area contributed by atoms with Crippen LogP contribution in [0.25, 0.3) is 0 Å². The Kier molecular flexibility index (Phi) is 4.23. The van der Waals surface area contributed by atoms with Crippen LogP contribution in [0.3, 0.4) is 0 Å². The zero-order valence-electron chi connectivity index (χ0n) is 11.8. The summed E-state index contributed by atoms with van der Waals surface area (Å²) in [6.45, 7) is 6.82. The maximum atomic E-state index is 5.85. The molecule has 2 aromatic carbocycles. The molecule has 1 unspecified atom stereocenters. The van der Waals surface area contributed by atoms with Gasteiger partial charge >= 0.3 is 0 Å². The standard InChI is InChI=1S/C17H21NO/c1-12-5-4-6-13(2)17(12)11-19-16-9-7-15(8-10-16)14(3)18/h4-10,14H,11,18H2,1-3H3. The lowest BCUT2D eigenvalue weighted by atomic mass is 10.0. The summed E-state index contributed by atoms with van der Waals surface area (Å²) in [5, 5.41) is 0. The Bertz CT molecular complexity index is 523. The van der Waals surface area contributed by atoms with Crippen LogP contribution in [-0.2, 0) is 6.61 Å². The highest BCUT2D eigenvalue weighted by atomic mass is 16.5. The number of hydrogen-bond donors (Lipinski definition) is 1. The van der Waals surface area contributed by atoms with Crippen molar-refractivity contribution in [1.29, 1.82) is 0 Å². The second-order valence-electron chi connectivity index (χ2n) is 5.02. The van der Waals surface area contributed by atoms with E-state index < -0.39 is 0 Å². The molecule has 0 aliphatic carbocycles. The van der Waals surface area contributed by atoms with Crippen molar-refractivity contribution in [3.63, 3.8) is 0 Å². The topological polar surface area (TPSA) is 35.2 Å². The Morgan fingerprint density at radius 2 is 1.58 bits per heavy atom. The van der Waals surface area contributed by atoms with Gasteiger partial charge in [0.2, 0.25) is 0 Å². The molecule has 0 bridgehead atoms. The highest BCUT2D eigenvalue weighted by molar-refractivity contribution is 5.34. The highest BCUT2D eigenvalue weighted by Crippen LogP contribution is 2.19. The minimum absolute atomic E-state index is 0.0627. The first kappa shape index (κ1) is 13.6. The Morgan fingerprint density at radius 3 is 2.11 bits per heavy atom. The summed E-state index contributed by atoms with van der Waals surface area (Å²) in [6, 6.07) is 14.4. The van der Waals surface area contributed by atoms with Gasteiger partial charge in [-0.3, -0.25) is 0 Å². The average molecular weight is 255 g/mol. The maximum Gasteiger partial charge on any atom is 0.119 e. The lowest BCUT2D eigenvalue weighted by Gasteiger charge is -2.12. The number of hydrogen-bond acceptors (Lipinski definition) is 2. The minimum Gasteiger partial charge on any atom is -0.489 e. The third kappa shape index (κ3) is 3.36. The van der Waals surface area contributed by atoms with E-state index >= 15 is 0 Å². The summed E-state index contributed by atoms with van der Waals surface area (Å²) in [7, 11) is 0. The zero-order valence-corrected chi connectivity index (χ0v) is 11.8. The molecular weight excluding hydrogens is 234 g/mol. The predicted octanol–water partition coefficient (Wildman–Crippen LogP) is 3.90. The third-order valence-corrected chi connectivity index (χ3v) is 3.43. The Morgan fingerprint density at radius 1 is 1.00 bits per heavy atom. The molecule has 100 valence electrons. The molecule has 0 radical (unpaired) electrons. The van der Waals surface area contributed by atoms with Crippen LogP contribution in [-0.4, -0.2) is 0 Å². The lowest BCUT2D eigenvalue weighted by Crippen LogP contribution is -2.05. The van der Waals surface area contributed by atoms with E-state index in [1.165, 1.54) is 16.7 Å². The van der Waals surface area contributed by atoms with E-state index in [1.54, 1.807) is 0 Å². The molecule has 19 heavy (non-hydrogen) atoms. The summed E-state index contributed by atoms with van der Waals surface area (Å²) in [5.41, 5.74) is 10.8. The van der Waals surface area contributed by atoms with Crippen LogP contribution in [0, 0.1) is 13.8 Å². The average Bonchev–Trinajstić information content (AvgIpc) is 2.38. The van der Waals surface area contributed by atoms with E-state index in [2.05, 4.69) is 32.0 Å². The van der Waals surface area contributed by atoms with E-state index in [0.29, 0.717) is 6.61 Å². The van der Waals surface area contributed by atoms with Gasteiger partial charge in [0.25, 0.3) is 0 Å². The molecule has 2 heteroatoms. The Balaban J connectivity index is 2.06. The van der Waals surface area contributed by atoms with Gasteiger partial charge in [-0.1, -0.05) is 30.3 Å². The zero-order chi connectivity index (χ0) is 13.8. The summed E-state index contributed by atoms with van der Waals surface area (Å²) in [4.78, 5) is 0. The molecule has 2 aromatic rings. The van der Waals surface area contributed by atoms with Crippen LogP contribution >= 0.6 is 0 Å². The maximum absolute atomic E-state index is 5.85. The highest BCUT2D eigenvalue weighted by Gasteiger charge is 2.04. The molecule has 2 rings (SSSR count). The second-order valence-corrected chi connectivity index (χ2v) is 5.02. The van der Waals surface area contributed by atoms with Gasteiger partial charge in [0.15, 0.2) is 0 Å². The van der Waals surface area contributed by atoms with E-state index in [9.17, 15) is 0 Å². The largest absolute Gasteiger partial charge is 0.489 e. The summed E-state index contributed by atoms with van der Waals surface area (Å²) < 4.78 is 5.85. The van der Waals surface area contributed by atoms with Crippen molar-refractivity contribution in [1.82, 2.24) is 0 Å². The molecule has 0 saturated carbocycles. The van der Waals surface area contributed by atoms with Crippen LogP contribution in [0.1, 0.15) is 35.2 Å². The van der Waals surface area contributed by atoms with Gasteiger partial charge in [-0.05, 0) is 55.2 Å². The molecule has 0 spiro atoms. The smallest absolute Gasteiger partial charge is 0.119 e. The van der Waals surface area contributed by atoms with Crippen molar-refractivity contribution in [2.45, 2.75) is 33.4 Å². The van der Waals surface area contributed by atoms with Crippen molar-refractivity contribution >= 4 is 0 Å². The fourth-order valence-electron chi connectivity index (χ4n) is 2.10. The van der Waals surface area contributed by atoms with E-state index in [0.717, 1.165) is 11.3 Å². The number of benzene rings is 2. The van der Waals surface area contributed by atoms with Crippen molar-refractivity contribution in [2.24, 2.45) is 5.73 Å². The van der Waals surface area contributed by atoms with E-state index in [-0.39, 0.29) is 6.04 Å². The molecular formula is C17H21NO. The van der Waals surface area contributed by atoms with Crippen molar-refractivity contribution in [3.8, 4) is 5.75 Å². The van der Waals surface area contributed by atoms with Crippen molar-refractivity contribution in [3.05, 3.63) is 64.7 Å². The van der Waals surface area contributed by atoms with Crippen molar-refractivity contribution in [2.75, 3.05) is 0 Å². The molecule has 1 atom stereocenters. The van der Waals surface area contributed by atoms with Gasteiger partial charge in [-0.15, -0.1) is 0 Å². The van der Waals surface area contributed by atoms with E-state index in [1.807, 2.05) is 31.2 Å². The molecule has 0 amide bonds. The minimum atomic E-state index is 0.0627. The third-order valence-electron chi connectivity index (χ3n) is 3.43. The second kappa shape index (κ2) is 5.89. The Labute approximate surface area is 115 Å². The quantitative estimate of drug-likeness (QED) is 0.899. The molecule has 0 heterocycles. The molecule has 0 saturated heterocycles. The van der Waals surface area contributed by atoms with Gasteiger partial charge in [0.05, 0.1) is 0 Å². The summed E-state index contributed by atoms with van der Waals surface area (Å²) in [6.07, 6.45) is 0. The Hall–Kier alpha value is -1.80. The van der Waals surface area contributed by atoms with Gasteiger partial charge in [-0.2, -0.15) is 0 Å². The first-order chi connectivity index (χ1) is 9.08. The lowest BCUT2D eigenvalue weighted by molar-refractivity contribution is 0.304. The number of rotatable bonds is 4. The first-order valence-corrected chi connectivity index (χ1v) is 6.61. The monoisotopic (exact) mass is 255 g/mol. The normalized spacial score (nSPS) is 12.2. The van der Waals surface area contributed by atoms with Gasteiger partial charge in [0, 0.05) is 6.04 Å². The van der Waals surface area contributed by atoms with Gasteiger partial charge in [-0.25, -0.2) is 0 Å². The molecule has 0 aliphatic heterocycles. The fourth-order valence-corrected chi connectivity index (χ4v) is 2.10. The van der Waals surface area contributed by atoms with Gasteiger partial charge < -0.3 is 10.5 Å². The molecule has 2 N–H and O–H groups in total. The number of aryl methyl sites for hydroxylation is 2. The van der Waals surface area contributed by atoms with Gasteiger partial charge in [0.1, 0.15) is 12.4 Å². The molecule has 0 aliphatic rings. The number of nitrogens with two attached hydrogens (primary N) is 1. The van der Waals surface area contributed by atoms with Crippen LogP contribution in [0.5, 0.6) is 5.75 Å². The molecule has 2 nitrogen and oxygen atoms in total. The molecule has 0 fully saturated rings. The van der Waals surface area contributed by atoms with Crippen LogP contribution in [0.15, 0.2) is 42.5 Å². The summed E-state index contributed by atoms with van der Waals surface area (Å²) in [5.74, 6) is 0.882. The van der Waals surface area contributed by atoms with E-state index in [4.69, 9.17) is 10.5 Å². The van der Waals surface area contributed by atoms with Crippen molar-refractivity contribution < 1.29 is 4.74 Å². The first-order valence-electron chi connectivity index (χ1n) is 6.61. The predicted molar refractivity (Wildman–Crippen MR) is 79.3 cm³/mol. The molecule has 0 aromatic heterocycles. The van der Waals surface area contributed by atoms with Crippen LogP contribution in [0.4, 0.5) is 0 Å². The number of ether oxygens (including phenoxy) is 1. The SMILES string of the molecule is Cc1cccc(C)c1COc1ccc(C(C)N)cc1. The summed E-state index contributed by atoms with van der Waals surface area (Å²) >= 11 is 0.